The summed E-state index contributed by atoms with van der Waals surface area (Å²) < 4.78 is 24.8. The van der Waals surface area contributed by atoms with E-state index < -0.39 is 10.0 Å². The van der Waals surface area contributed by atoms with Crippen LogP contribution in [0.3, 0.4) is 0 Å². The minimum Gasteiger partial charge on any atom is -0.395 e. The zero-order chi connectivity index (χ0) is 23.4. The molecule has 12 heteroatoms. The number of piperidine rings is 1. The average molecular weight is 482 g/mol. The first-order valence-electron chi connectivity index (χ1n) is 11.8. The molecule has 0 aromatic carbocycles. The monoisotopic (exact) mass is 481 g/mol. The van der Waals surface area contributed by atoms with Crippen molar-refractivity contribution < 1.29 is 18.3 Å². The number of carbonyl (C=O) groups excluding carboxylic acids is 1. The van der Waals surface area contributed by atoms with E-state index in [2.05, 4.69) is 24.9 Å². The average Bonchev–Trinajstić information content (AvgIpc) is 2.84. The molecule has 3 saturated heterocycles. The molecule has 1 aromatic rings. The number of aliphatic hydroxyl groups excluding tert-OH is 1. The van der Waals surface area contributed by atoms with Crippen LogP contribution in [0.5, 0.6) is 0 Å². The van der Waals surface area contributed by atoms with Gasteiger partial charge in [-0.15, -0.1) is 10.2 Å². The summed E-state index contributed by atoms with van der Waals surface area (Å²) in [6.45, 7) is 8.02. The molecular formula is C21H35N7O4S. The van der Waals surface area contributed by atoms with E-state index in [1.807, 2.05) is 17.0 Å². The Morgan fingerprint density at radius 3 is 1.88 bits per heavy atom. The molecule has 0 unspecified atom stereocenters. The Kier molecular flexibility index (Phi) is 7.67. The van der Waals surface area contributed by atoms with Gasteiger partial charge < -0.3 is 19.8 Å². The SMILES string of the molecule is CS(=O)(=O)N1CCC(C(=O)N2CCN(c3ccc(N4CCN(CCO)CC4)nn3)CC2)CC1. The molecule has 1 aromatic heterocycles. The molecule has 33 heavy (non-hydrogen) atoms. The largest absolute Gasteiger partial charge is 0.395 e. The molecule has 0 bridgehead atoms. The van der Waals surface area contributed by atoms with Crippen LogP contribution in [-0.4, -0.2) is 129 Å². The second-order valence-corrected chi connectivity index (χ2v) is 11.0. The van der Waals surface area contributed by atoms with Crippen molar-refractivity contribution in [3.05, 3.63) is 12.1 Å². The van der Waals surface area contributed by atoms with Gasteiger partial charge in [0.05, 0.1) is 12.9 Å². The zero-order valence-electron chi connectivity index (χ0n) is 19.3. The first kappa shape index (κ1) is 24.1. The number of carbonyl (C=O) groups is 1. The fourth-order valence-corrected chi connectivity index (χ4v) is 5.72. The number of aromatic nitrogens is 2. The highest BCUT2D eigenvalue weighted by molar-refractivity contribution is 7.88. The Balaban J connectivity index is 1.24. The molecule has 1 N–H and O–H groups in total. The number of β-amino-alcohol motifs (C(OH)–C–C–N with tert-alkyl or cyclic N) is 1. The Morgan fingerprint density at radius 1 is 0.909 bits per heavy atom. The normalized spacial score (nSPS) is 22.1. The Morgan fingerprint density at radius 2 is 1.42 bits per heavy atom. The van der Waals surface area contributed by atoms with Crippen molar-refractivity contribution in [1.29, 1.82) is 0 Å². The van der Waals surface area contributed by atoms with Crippen LogP contribution in [0.4, 0.5) is 11.6 Å². The summed E-state index contributed by atoms with van der Waals surface area (Å²) in [5, 5.41) is 18.0. The van der Waals surface area contributed by atoms with Crippen LogP contribution in [0.15, 0.2) is 12.1 Å². The molecule has 184 valence electrons. The molecule has 4 heterocycles. The number of aliphatic hydroxyl groups is 1. The predicted octanol–water partition coefficient (Wildman–Crippen LogP) is -1.09. The van der Waals surface area contributed by atoms with Crippen LogP contribution < -0.4 is 9.80 Å². The minimum atomic E-state index is -3.18. The molecule has 0 aliphatic carbocycles. The first-order valence-corrected chi connectivity index (χ1v) is 13.6. The summed E-state index contributed by atoms with van der Waals surface area (Å²) in [4.78, 5) is 21.5. The first-order chi connectivity index (χ1) is 15.8. The van der Waals surface area contributed by atoms with Gasteiger partial charge in [0.2, 0.25) is 15.9 Å². The van der Waals surface area contributed by atoms with Crippen molar-refractivity contribution in [3.63, 3.8) is 0 Å². The van der Waals surface area contributed by atoms with Crippen molar-refractivity contribution in [1.82, 2.24) is 24.3 Å². The predicted molar refractivity (Wildman–Crippen MR) is 126 cm³/mol. The van der Waals surface area contributed by atoms with E-state index >= 15 is 0 Å². The van der Waals surface area contributed by atoms with Gasteiger partial charge in [-0.3, -0.25) is 9.69 Å². The van der Waals surface area contributed by atoms with Gasteiger partial charge in [0.25, 0.3) is 0 Å². The number of nitrogens with zero attached hydrogens (tertiary/aromatic N) is 7. The lowest BCUT2D eigenvalue weighted by molar-refractivity contribution is -0.137. The zero-order valence-corrected chi connectivity index (χ0v) is 20.2. The molecule has 0 saturated carbocycles. The maximum atomic E-state index is 12.9. The Bertz CT molecular complexity index is 890. The summed E-state index contributed by atoms with van der Waals surface area (Å²) in [5.41, 5.74) is 0. The van der Waals surface area contributed by atoms with Gasteiger partial charge in [-0.25, -0.2) is 12.7 Å². The lowest BCUT2D eigenvalue weighted by Crippen LogP contribution is -2.52. The summed E-state index contributed by atoms with van der Waals surface area (Å²) in [5.74, 6) is 1.75. The van der Waals surface area contributed by atoms with Gasteiger partial charge in [0.1, 0.15) is 0 Å². The van der Waals surface area contributed by atoms with Gasteiger partial charge in [0, 0.05) is 77.9 Å². The lowest BCUT2D eigenvalue weighted by atomic mass is 9.96. The van der Waals surface area contributed by atoms with Crippen molar-refractivity contribution in [2.75, 3.05) is 94.7 Å². The highest BCUT2D eigenvalue weighted by Gasteiger charge is 2.33. The standard InChI is InChI=1S/C21H35N7O4S/c1-33(31,32)28-6-4-18(5-7-28)21(30)27-14-12-26(13-15-27)20-3-2-19(22-23-20)25-10-8-24(9-11-25)16-17-29/h2-3,18,29H,4-17H2,1H3. The van der Waals surface area contributed by atoms with Crippen LogP contribution in [0.25, 0.3) is 0 Å². The fraction of sp³-hybridized carbons (Fsp3) is 0.762. The number of hydrogen-bond acceptors (Lipinski definition) is 9. The van der Waals surface area contributed by atoms with Crippen molar-refractivity contribution >= 4 is 27.6 Å². The second kappa shape index (κ2) is 10.5. The van der Waals surface area contributed by atoms with Gasteiger partial charge in [0.15, 0.2) is 11.6 Å². The molecule has 3 aliphatic heterocycles. The van der Waals surface area contributed by atoms with E-state index in [0.717, 1.165) is 37.8 Å². The summed E-state index contributed by atoms with van der Waals surface area (Å²) in [6, 6.07) is 4.01. The maximum Gasteiger partial charge on any atom is 0.225 e. The van der Waals surface area contributed by atoms with E-state index in [4.69, 9.17) is 5.11 Å². The van der Waals surface area contributed by atoms with Gasteiger partial charge in [-0.2, -0.15) is 0 Å². The number of rotatable bonds is 6. The Hall–Kier alpha value is -2.02. The van der Waals surface area contributed by atoms with E-state index in [9.17, 15) is 13.2 Å². The minimum absolute atomic E-state index is 0.0912. The van der Waals surface area contributed by atoms with Crippen molar-refractivity contribution in [2.24, 2.45) is 5.92 Å². The van der Waals surface area contributed by atoms with E-state index in [1.54, 1.807) is 0 Å². The molecule has 0 radical (unpaired) electrons. The molecule has 4 rings (SSSR count). The Labute approximate surface area is 196 Å². The molecular weight excluding hydrogens is 446 g/mol. The number of sulfonamides is 1. The highest BCUT2D eigenvalue weighted by Crippen LogP contribution is 2.23. The van der Waals surface area contributed by atoms with Crippen molar-refractivity contribution in [3.8, 4) is 0 Å². The highest BCUT2D eigenvalue weighted by atomic mass is 32.2. The van der Waals surface area contributed by atoms with Crippen LogP contribution in [0, 0.1) is 5.92 Å². The second-order valence-electron chi connectivity index (χ2n) is 9.05. The van der Waals surface area contributed by atoms with Gasteiger partial charge >= 0.3 is 0 Å². The van der Waals surface area contributed by atoms with Crippen LogP contribution in [0.1, 0.15) is 12.8 Å². The fourth-order valence-electron chi connectivity index (χ4n) is 4.85. The molecule has 1 amide bonds. The van der Waals surface area contributed by atoms with Crippen molar-refractivity contribution in [2.45, 2.75) is 12.8 Å². The number of hydrogen-bond donors (Lipinski definition) is 1. The number of piperazine rings is 2. The van der Waals surface area contributed by atoms with Crippen LogP contribution in [-0.2, 0) is 14.8 Å². The van der Waals surface area contributed by atoms with E-state index in [0.29, 0.717) is 58.7 Å². The maximum absolute atomic E-state index is 12.9. The number of amides is 1. The smallest absolute Gasteiger partial charge is 0.225 e. The molecule has 11 nitrogen and oxygen atoms in total. The molecule has 0 spiro atoms. The molecule has 0 atom stereocenters. The summed E-state index contributed by atoms with van der Waals surface area (Å²) in [7, 11) is -3.18. The topological polar surface area (TPSA) is 113 Å². The third-order valence-corrected chi connectivity index (χ3v) is 8.24. The summed E-state index contributed by atoms with van der Waals surface area (Å²) >= 11 is 0. The van der Waals surface area contributed by atoms with Crippen LogP contribution >= 0.6 is 0 Å². The van der Waals surface area contributed by atoms with E-state index in [-0.39, 0.29) is 18.4 Å². The third kappa shape index (κ3) is 5.92. The van der Waals surface area contributed by atoms with Crippen LogP contribution in [0.2, 0.25) is 0 Å². The number of anilines is 2. The third-order valence-electron chi connectivity index (χ3n) is 6.94. The molecule has 3 aliphatic rings. The molecule has 3 fully saturated rings. The lowest BCUT2D eigenvalue weighted by Gasteiger charge is -2.38. The van der Waals surface area contributed by atoms with E-state index in [1.165, 1.54) is 10.6 Å². The van der Waals surface area contributed by atoms with Gasteiger partial charge in [-0.1, -0.05) is 0 Å². The summed E-state index contributed by atoms with van der Waals surface area (Å²) in [6.07, 6.45) is 2.41. The quantitative estimate of drug-likeness (QED) is 0.541. The van der Waals surface area contributed by atoms with Gasteiger partial charge in [-0.05, 0) is 25.0 Å².